The number of anilines is 1. The number of sulfonamides is 1. The first kappa shape index (κ1) is 17.1. The van der Waals surface area contributed by atoms with Crippen LogP contribution in [0, 0.1) is 6.92 Å². The zero-order valence-corrected chi connectivity index (χ0v) is 14.0. The lowest BCUT2D eigenvalue weighted by molar-refractivity contribution is -0.115. The van der Waals surface area contributed by atoms with Gasteiger partial charge in [-0.2, -0.15) is 0 Å². The van der Waals surface area contributed by atoms with Crippen molar-refractivity contribution in [3.8, 4) is 0 Å². The molecule has 0 heterocycles. The molecular weight excluding hydrogens is 344 g/mol. The third kappa shape index (κ3) is 6.02. The lowest BCUT2D eigenvalue weighted by Crippen LogP contribution is -2.34. The third-order valence-electron chi connectivity index (χ3n) is 2.66. The summed E-state index contributed by atoms with van der Waals surface area (Å²) in [5.41, 5.74) is 1.63. The van der Waals surface area contributed by atoms with E-state index in [0.29, 0.717) is 12.1 Å². The molecule has 0 unspecified atom stereocenters. The largest absolute Gasteiger partial charge is 0.325 e. The van der Waals surface area contributed by atoms with Crippen molar-refractivity contribution in [3.63, 3.8) is 0 Å². The number of halogens is 1. The molecule has 0 saturated carbocycles. The molecule has 112 valence electrons. The van der Waals surface area contributed by atoms with Crippen LogP contribution in [-0.2, 0) is 14.8 Å². The molecule has 0 bridgehead atoms. The number of nitrogens with one attached hydrogen (secondary N) is 2. The second-order valence-corrected chi connectivity index (χ2v) is 7.29. The molecule has 0 aliphatic carbocycles. The topological polar surface area (TPSA) is 75.3 Å². The molecule has 1 aromatic rings. The maximum Gasteiger partial charge on any atom is 0.239 e. The van der Waals surface area contributed by atoms with Gasteiger partial charge in [-0.05, 0) is 37.1 Å². The number of carbonyl (C=O) groups is 1. The lowest BCUT2D eigenvalue weighted by atomic mass is 10.2. The molecule has 0 saturated heterocycles. The Morgan fingerprint density at radius 1 is 1.35 bits per heavy atom. The molecular formula is C13H19BrN2O3S. The van der Waals surface area contributed by atoms with E-state index in [9.17, 15) is 13.2 Å². The summed E-state index contributed by atoms with van der Waals surface area (Å²) in [6.07, 6.45) is 1.38. The average Bonchev–Trinajstić information content (AvgIpc) is 2.39. The Morgan fingerprint density at radius 2 is 2.05 bits per heavy atom. The first-order valence-electron chi connectivity index (χ1n) is 6.37. The van der Waals surface area contributed by atoms with Crippen LogP contribution in [0.4, 0.5) is 5.69 Å². The second-order valence-electron chi connectivity index (χ2n) is 4.51. The summed E-state index contributed by atoms with van der Waals surface area (Å²) in [7, 11) is -3.36. The Labute approximate surface area is 128 Å². The van der Waals surface area contributed by atoms with Gasteiger partial charge in [-0.15, -0.1) is 0 Å². The molecule has 1 aromatic carbocycles. The molecule has 0 aliphatic heterocycles. The van der Waals surface area contributed by atoms with Gasteiger partial charge in [0.15, 0.2) is 0 Å². The number of hydrogen-bond acceptors (Lipinski definition) is 3. The minimum atomic E-state index is -3.36. The van der Waals surface area contributed by atoms with Crippen LogP contribution in [0.1, 0.15) is 25.3 Å². The molecule has 20 heavy (non-hydrogen) atoms. The average molecular weight is 363 g/mol. The van der Waals surface area contributed by atoms with Gasteiger partial charge in [0.25, 0.3) is 0 Å². The van der Waals surface area contributed by atoms with Crippen molar-refractivity contribution in [2.45, 2.75) is 26.7 Å². The van der Waals surface area contributed by atoms with Crippen molar-refractivity contribution < 1.29 is 13.2 Å². The van der Waals surface area contributed by atoms with Crippen molar-refractivity contribution in [2.75, 3.05) is 17.6 Å². The Balaban J connectivity index is 2.49. The number of carbonyl (C=O) groups excluding carboxylic acids is 1. The molecule has 0 fully saturated rings. The van der Waals surface area contributed by atoms with Crippen molar-refractivity contribution >= 4 is 37.5 Å². The van der Waals surface area contributed by atoms with Gasteiger partial charge in [-0.3, -0.25) is 4.79 Å². The predicted octanol–water partition coefficient (Wildman–Crippen LogP) is 2.42. The minimum Gasteiger partial charge on any atom is -0.325 e. The van der Waals surface area contributed by atoms with Gasteiger partial charge in [-0.1, -0.05) is 29.3 Å². The van der Waals surface area contributed by atoms with E-state index in [1.54, 1.807) is 6.07 Å². The van der Waals surface area contributed by atoms with E-state index < -0.39 is 10.0 Å². The standard InChI is InChI=1S/C13H19BrN2O3S/c1-3-4-7-20(18,19)15-9-13(17)16-11-5-6-12(14)10(2)8-11/h5-6,8,15H,3-4,7,9H2,1-2H3,(H,16,17). The zero-order chi connectivity index (χ0) is 15.2. The molecule has 0 aromatic heterocycles. The van der Waals surface area contributed by atoms with Crippen LogP contribution in [0.25, 0.3) is 0 Å². The van der Waals surface area contributed by atoms with Gasteiger partial charge in [0.1, 0.15) is 0 Å². The van der Waals surface area contributed by atoms with E-state index in [2.05, 4.69) is 26.0 Å². The number of aryl methyl sites for hydroxylation is 1. The number of rotatable bonds is 7. The van der Waals surface area contributed by atoms with Crippen LogP contribution >= 0.6 is 15.9 Å². The SMILES string of the molecule is CCCCS(=O)(=O)NCC(=O)Nc1ccc(Br)c(C)c1. The monoisotopic (exact) mass is 362 g/mol. The second kappa shape index (κ2) is 7.75. The zero-order valence-electron chi connectivity index (χ0n) is 11.6. The Hall–Kier alpha value is -0.920. The van der Waals surface area contributed by atoms with Crippen LogP contribution < -0.4 is 10.0 Å². The van der Waals surface area contributed by atoms with Gasteiger partial charge in [0.2, 0.25) is 15.9 Å². The third-order valence-corrected chi connectivity index (χ3v) is 4.96. The van der Waals surface area contributed by atoms with E-state index >= 15 is 0 Å². The maximum atomic E-state index is 11.7. The first-order valence-corrected chi connectivity index (χ1v) is 8.82. The molecule has 2 N–H and O–H groups in total. The van der Waals surface area contributed by atoms with Crippen molar-refractivity contribution in [2.24, 2.45) is 0 Å². The highest BCUT2D eigenvalue weighted by atomic mass is 79.9. The van der Waals surface area contributed by atoms with Gasteiger partial charge < -0.3 is 5.32 Å². The first-order chi connectivity index (χ1) is 9.34. The summed E-state index contributed by atoms with van der Waals surface area (Å²) in [5, 5.41) is 2.65. The molecule has 0 aliphatic rings. The van der Waals surface area contributed by atoms with E-state index in [1.807, 2.05) is 26.0 Å². The number of benzene rings is 1. The molecule has 0 radical (unpaired) electrons. The van der Waals surface area contributed by atoms with Crippen molar-refractivity contribution in [1.29, 1.82) is 0 Å². The van der Waals surface area contributed by atoms with Gasteiger partial charge in [-0.25, -0.2) is 13.1 Å². The number of hydrogen-bond donors (Lipinski definition) is 2. The molecule has 5 nitrogen and oxygen atoms in total. The van der Waals surface area contributed by atoms with E-state index in [1.165, 1.54) is 0 Å². The highest BCUT2D eigenvalue weighted by molar-refractivity contribution is 9.10. The molecule has 1 amide bonds. The fourth-order valence-electron chi connectivity index (χ4n) is 1.51. The quantitative estimate of drug-likeness (QED) is 0.781. The van der Waals surface area contributed by atoms with E-state index in [4.69, 9.17) is 0 Å². The van der Waals surface area contributed by atoms with E-state index in [0.717, 1.165) is 16.5 Å². The smallest absolute Gasteiger partial charge is 0.239 e. The summed E-state index contributed by atoms with van der Waals surface area (Å²) < 4.78 is 26.3. The molecule has 7 heteroatoms. The summed E-state index contributed by atoms with van der Waals surface area (Å²) in [6, 6.07) is 5.39. The predicted molar refractivity (Wildman–Crippen MR) is 84.2 cm³/mol. The van der Waals surface area contributed by atoms with Gasteiger partial charge in [0, 0.05) is 10.2 Å². The van der Waals surface area contributed by atoms with Gasteiger partial charge in [0.05, 0.1) is 12.3 Å². The Kier molecular flexibility index (Phi) is 6.64. The normalized spacial score (nSPS) is 11.3. The summed E-state index contributed by atoms with van der Waals surface area (Å²) >= 11 is 3.37. The number of amides is 1. The molecule has 0 spiro atoms. The molecule has 0 atom stereocenters. The number of unbranched alkanes of at least 4 members (excludes halogenated alkanes) is 1. The Morgan fingerprint density at radius 3 is 2.65 bits per heavy atom. The molecule has 1 rings (SSSR count). The summed E-state index contributed by atoms with van der Waals surface area (Å²) in [6.45, 7) is 3.58. The Bertz CT molecular complexity index is 573. The maximum absolute atomic E-state index is 11.7. The fraction of sp³-hybridized carbons (Fsp3) is 0.462. The van der Waals surface area contributed by atoms with Crippen LogP contribution in [-0.4, -0.2) is 26.6 Å². The van der Waals surface area contributed by atoms with Crippen LogP contribution in [0.2, 0.25) is 0 Å². The van der Waals surface area contributed by atoms with E-state index in [-0.39, 0.29) is 18.2 Å². The fourth-order valence-corrected chi connectivity index (χ4v) is 2.92. The summed E-state index contributed by atoms with van der Waals surface area (Å²) in [4.78, 5) is 11.7. The van der Waals surface area contributed by atoms with Crippen molar-refractivity contribution in [3.05, 3.63) is 28.2 Å². The van der Waals surface area contributed by atoms with Crippen LogP contribution in [0.15, 0.2) is 22.7 Å². The minimum absolute atomic E-state index is 0.0498. The van der Waals surface area contributed by atoms with Crippen LogP contribution in [0.3, 0.4) is 0 Å². The van der Waals surface area contributed by atoms with Crippen molar-refractivity contribution in [1.82, 2.24) is 4.72 Å². The highest BCUT2D eigenvalue weighted by Gasteiger charge is 2.11. The van der Waals surface area contributed by atoms with Crippen LogP contribution in [0.5, 0.6) is 0 Å². The van der Waals surface area contributed by atoms with Gasteiger partial charge >= 0.3 is 0 Å². The highest BCUT2D eigenvalue weighted by Crippen LogP contribution is 2.19. The lowest BCUT2D eigenvalue weighted by Gasteiger charge is -2.08. The summed E-state index contributed by atoms with van der Waals surface area (Å²) in [5.74, 6) is -0.333.